The van der Waals surface area contributed by atoms with Crippen LogP contribution >= 0.6 is 11.6 Å². The molecule has 1 aliphatic heterocycles. The first-order valence-corrected chi connectivity index (χ1v) is 15.6. The first kappa shape index (κ1) is 32.1. The van der Waals surface area contributed by atoms with Gasteiger partial charge in [-0.3, -0.25) is 18.5 Å². The molecule has 0 radical (unpaired) electrons. The van der Waals surface area contributed by atoms with E-state index in [9.17, 15) is 27.3 Å². The maximum atomic E-state index is 13.8. The van der Waals surface area contributed by atoms with Gasteiger partial charge in [-0.25, -0.2) is 4.79 Å². The predicted octanol–water partition coefficient (Wildman–Crippen LogP) is 4.74. The molecule has 5 rings (SSSR count). The van der Waals surface area contributed by atoms with Crippen molar-refractivity contribution in [2.75, 3.05) is 13.2 Å². The molecule has 4 aromatic rings. The summed E-state index contributed by atoms with van der Waals surface area (Å²) in [4.78, 5) is 31.5. The molecule has 2 atom stereocenters. The van der Waals surface area contributed by atoms with Crippen LogP contribution in [-0.4, -0.2) is 49.1 Å². The zero-order valence-corrected chi connectivity index (χ0v) is 25.3. The van der Waals surface area contributed by atoms with Crippen LogP contribution < -0.4 is 16.0 Å². The van der Waals surface area contributed by atoms with Crippen LogP contribution in [0.5, 0.6) is 5.75 Å². The van der Waals surface area contributed by atoms with Gasteiger partial charge >= 0.3 is 17.2 Å². The molecule has 1 fully saturated rings. The number of fused-ring (bicyclic) bond motifs is 1. The van der Waals surface area contributed by atoms with Gasteiger partial charge in [-0.1, -0.05) is 35.9 Å². The molecule has 0 bridgehead atoms. The molecule has 2 aromatic heterocycles. The molecule has 1 aliphatic rings. The van der Waals surface area contributed by atoms with Crippen LogP contribution in [-0.2, 0) is 46.5 Å². The zero-order valence-electron chi connectivity index (χ0n) is 23.7. The molecule has 236 valence electrons. The third kappa shape index (κ3) is 7.67. The molecule has 44 heavy (non-hydrogen) atoms. The Morgan fingerprint density at radius 1 is 1.11 bits per heavy atom. The number of benzene rings is 2. The highest BCUT2D eigenvalue weighted by Crippen LogP contribution is 2.26. The van der Waals surface area contributed by atoms with Crippen molar-refractivity contribution >= 4 is 33.9 Å². The van der Waals surface area contributed by atoms with Gasteiger partial charge in [0.2, 0.25) is 0 Å². The molecule has 1 saturated heterocycles. The normalized spacial score (nSPS) is 16.4. The molecule has 2 aromatic carbocycles. The van der Waals surface area contributed by atoms with E-state index in [2.05, 4.69) is 9.72 Å². The summed E-state index contributed by atoms with van der Waals surface area (Å²) < 4.78 is 71.1. The molecule has 3 heterocycles. The molecular formula is C29H30ClF3N4O6S. The van der Waals surface area contributed by atoms with Crippen molar-refractivity contribution in [3.63, 3.8) is 0 Å². The Morgan fingerprint density at radius 2 is 1.89 bits per heavy atom. The molecular weight excluding hydrogens is 625 g/mol. The fourth-order valence-electron chi connectivity index (χ4n) is 4.97. The smallest absolute Gasteiger partial charge is 0.573 e. The number of aryl methyl sites for hydroxylation is 1. The van der Waals surface area contributed by atoms with Gasteiger partial charge in [-0.2, -0.15) is 4.98 Å². The first-order chi connectivity index (χ1) is 21.0. The SMILES string of the molecule is Cn1c(=O)n(CCCOC2CCCCO2)c(=O)c2c1nc([S+]([O-])Cc1cccc(OC(F)(F)F)c1)n2Cc1ccc(Cl)cc1. The van der Waals surface area contributed by atoms with E-state index in [-0.39, 0.29) is 48.1 Å². The average Bonchev–Trinajstić information content (AvgIpc) is 3.36. The maximum absolute atomic E-state index is 13.8. The summed E-state index contributed by atoms with van der Waals surface area (Å²) in [5.41, 5.74) is -0.0912. The molecule has 0 saturated carbocycles. The number of hydrogen-bond acceptors (Lipinski definition) is 7. The van der Waals surface area contributed by atoms with Crippen LogP contribution in [0.15, 0.2) is 63.3 Å². The van der Waals surface area contributed by atoms with Gasteiger partial charge in [0.05, 0.1) is 13.2 Å². The fraction of sp³-hybridized carbons (Fsp3) is 0.414. The van der Waals surface area contributed by atoms with Crippen molar-refractivity contribution in [3.8, 4) is 5.75 Å². The lowest BCUT2D eigenvalue weighted by Gasteiger charge is -2.22. The van der Waals surface area contributed by atoms with E-state index in [0.29, 0.717) is 29.2 Å². The lowest BCUT2D eigenvalue weighted by molar-refractivity contribution is -0.274. The first-order valence-electron chi connectivity index (χ1n) is 13.9. The van der Waals surface area contributed by atoms with Crippen LogP contribution in [0.1, 0.15) is 36.8 Å². The van der Waals surface area contributed by atoms with Crippen molar-refractivity contribution in [2.45, 2.75) is 62.3 Å². The highest BCUT2D eigenvalue weighted by atomic mass is 35.5. The van der Waals surface area contributed by atoms with Gasteiger partial charge in [0.25, 0.3) is 5.56 Å². The number of hydrogen-bond donors (Lipinski definition) is 0. The summed E-state index contributed by atoms with van der Waals surface area (Å²) in [6.07, 6.45) is -2.02. The Hall–Kier alpha value is -3.30. The number of alkyl halides is 3. The van der Waals surface area contributed by atoms with Crippen LogP contribution in [0, 0.1) is 0 Å². The minimum atomic E-state index is -4.88. The maximum Gasteiger partial charge on any atom is 0.573 e. The number of rotatable bonds is 11. The second kappa shape index (κ2) is 13.8. The molecule has 0 aliphatic carbocycles. The largest absolute Gasteiger partial charge is 0.609 e. The van der Waals surface area contributed by atoms with Gasteiger partial charge in [0.15, 0.2) is 17.5 Å². The summed E-state index contributed by atoms with van der Waals surface area (Å²) in [6, 6.07) is 12.0. The van der Waals surface area contributed by atoms with E-state index < -0.39 is 34.5 Å². The summed E-state index contributed by atoms with van der Waals surface area (Å²) >= 11 is 4.11. The summed E-state index contributed by atoms with van der Waals surface area (Å²) in [6.45, 7) is 1.07. The predicted molar refractivity (Wildman–Crippen MR) is 157 cm³/mol. The quantitative estimate of drug-likeness (QED) is 0.170. The standard InChI is InChI=1S/C29H30ClF3N4O6S/c1-35-25-24(26(38)36(28(35)39)13-5-15-42-23-8-2-3-14-41-23)37(17-19-9-11-21(30)12-10-19)27(34-25)44(40)18-20-6-4-7-22(16-20)43-29(31,32)33/h4,6-7,9-12,16,23H,2-3,5,8,13-15,17-18H2,1H3. The second-order valence-corrected chi connectivity index (χ2v) is 12.1. The Morgan fingerprint density at radius 3 is 2.59 bits per heavy atom. The molecule has 0 amide bonds. The third-order valence-corrected chi connectivity index (χ3v) is 8.62. The van der Waals surface area contributed by atoms with E-state index in [4.69, 9.17) is 21.1 Å². The fourth-order valence-corrected chi connectivity index (χ4v) is 6.30. The van der Waals surface area contributed by atoms with E-state index in [0.717, 1.165) is 36.0 Å². The number of aromatic nitrogens is 4. The van der Waals surface area contributed by atoms with E-state index in [1.165, 1.54) is 28.3 Å². The summed E-state index contributed by atoms with van der Waals surface area (Å²) in [7, 11) is 1.47. The number of nitrogens with zero attached hydrogens (tertiary/aromatic N) is 4. The van der Waals surface area contributed by atoms with Gasteiger partial charge in [0.1, 0.15) is 11.5 Å². The topological polar surface area (TPSA) is 113 Å². The highest BCUT2D eigenvalue weighted by molar-refractivity contribution is 7.90. The van der Waals surface area contributed by atoms with Crippen LogP contribution in [0.4, 0.5) is 13.2 Å². The number of ether oxygens (including phenoxy) is 3. The van der Waals surface area contributed by atoms with Crippen LogP contribution in [0.2, 0.25) is 5.02 Å². The second-order valence-electron chi connectivity index (χ2n) is 10.3. The van der Waals surface area contributed by atoms with Gasteiger partial charge in [-0.05, 0) is 55.5 Å². The molecule has 10 nitrogen and oxygen atoms in total. The summed E-state index contributed by atoms with van der Waals surface area (Å²) in [5, 5.41) is 0.485. The monoisotopic (exact) mass is 654 g/mol. The molecule has 2 unspecified atom stereocenters. The lowest BCUT2D eigenvalue weighted by Crippen LogP contribution is -2.40. The minimum absolute atomic E-state index is 0.0141. The highest BCUT2D eigenvalue weighted by Gasteiger charge is 2.32. The van der Waals surface area contributed by atoms with Crippen LogP contribution in [0.25, 0.3) is 11.2 Å². The van der Waals surface area contributed by atoms with E-state index in [1.807, 2.05) is 0 Å². The van der Waals surface area contributed by atoms with Crippen molar-refractivity contribution < 1.29 is 31.9 Å². The Kier molecular flexibility index (Phi) is 10.1. The summed E-state index contributed by atoms with van der Waals surface area (Å²) in [5.74, 6) is -0.673. The van der Waals surface area contributed by atoms with Crippen molar-refractivity contribution in [1.29, 1.82) is 0 Å². The third-order valence-electron chi connectivity index (χ3n) is 7.05. The van der Waals surface area contributed by atoms with Crippen molar-refractivity contribution in [1.82, 2.24) is 18.7 Å². The van der Waals surface area contributed by atoms with Crippen molar-refractivity contribution in [2.24, 2.45) is 7.05 Å². The van der Waals surface area contributed by atoms with E-state index in [1.54, 1.807) is 24.3 Å². The van der Waals surface area contributed by atoms with Gasteiger partial charge in [0, 0.05) is 42.0 Å². The Balaban J connectivity index is 1.49. The van der Waals surface area contributed by atoms with Crippen LogP contribution in [0.3, 0.4) is 0 Å². The lowest BCUT2D eigenvalue weighted by atomic mass is 10.2. The van der Waals surface area contributed by atoms with E-state index >= 15 is 0 Å². The average molecular weight is 655 g/mol. The Bertz CT molecular complexity index is 1720. The zero-order chi connectivity index (χ0) is 31.4. The molecule has 0 N–H and O–H groups in total. The number of halogens is 4. The van der Waals surface area contributed by atoms with Crippen molar-refractivity contribution in [3.05, 3.63) is 85.5 Å². The van der Waals surface area contributed by atoms with Gasteiger partial charge < -0.3 is 18.8 Å². The van der Waals surface area contributed by atoms with Gasteiger partial charge in [-0.15, -0.1) is 13.2 Å². The molecule has 15 heteroatoms. The minimum Gasteiger partial charge on any atom is -0.609 e. The Labute approximate surface area is 258 Å². The molecule has 0 spiro atoms. The number of imidazole rings is 1.